The number of carbonyl (C=O) groups excluding carboxylic acids is 2. The zero-order chi connectivity index (χ0) is 19.4. The number of amides is 1. The van der Waals surface area contributed by atoms with Crippen molar-refractivity contribution in [1.82, 2.24) is 9.80 Å². The fraction of sp³-hybridized carbons (Fsp3) is 0.429. The Labute approximate surface area is 159 Å². The van der Waals surface area contributed by atoms with Crippen LogP contribution in [0.4, 0.5) is 0 Å². The Bertz CT molecular complexity index is 804. The highest BCUT2D eigenvalue weighted by Gasteiger charge is 2.19. The summed E-state index contributed by atoms with van der Waals surface area (Å²) in [6.45, 7) is 4.77. The highest BCUT2D eigenvalue weighted by molar-refractivity contribution is 5.94. The standard InChI is InChI=1S/C21H26N2O4/c1-15-19(21(25)26-3)12-18(27-15)14-22(2)13-16-6-8-17(9-7-16)20(24)23-10-4-5-11-23/h6-9,12H,4-5,10-11,13-14H2,1-3H3. The highest BCUT2D eigenvalue weighted by Crippen LogP contribution is 2.18. The van der Waals surface area contributed by atoms with Gasteiger partial charge in [-0.2, -0.15) is 0 Å². The second kappa shape index (κ2) is 8.39. The number of furan rings is 1. The van der Waals surface area contributed by atoms with Crippen LogP contribution in [0, 0.1) is 6.92 Å². The lowest BCUT2D eigenvalue weighted by molar-refractivity contribution is 0.0598. The van der Waals surface area contributed by atoms with Gasteiger partial charge in [0.25, 0.3) is 5.91 Å². The topological polar surface area (TPSA) is 63.0 Å². The van der Waals surface area contributed by atoms with Crippen molar-refractivity contribution in [3.63, 3.8) is 0 Å². The predicted octanol–water partition coefficient (Wildman–Crippen LogP) is 3.24. The molecule has 27 heavy (non-hydrogen) atoms. The number of carbonyl (C=O) groups is 2. The lowest BCUT2D eigenvalue weighted by Gasteiger charge is -2.17. The van der Waals surface area contributed by atoms with Gasteiger partial charge in [-0.3, -0.25) is 9.69 Å². The molecule has 6 nitrogen and oxygen atoms in total. The lowest BCUT2D eigenvalue weighted by Crippen LogP contribution is -2.27. The van der Waals surface area contributed by atoms with Crippen LogP contribution in [0.25, 0.3) is 0 Å². The molecule has 2 aromatic rings. The molecular formula is C21H26N2O4. The molecule has 0 N–H and O–H groups in total. The average Bonchev–Trinajstić information content (AvgIpc) is 3.31. The van der Waals surface area contributed by atoms with Gasteiger partial charge in [0.1, 0.15) is 17.1 Å². The van der Waals surface area contributed by atoms with Gasteiger partial charge in [0.2, 0.25) is 0 Å². The lowest BCUT2D eigenvalue weighted by atomic mass is 10.1. The molecule has 0 bridgehead atoms. The van der Waals surface area contributed by atoms with Gasteiger partial charge in [0, 0.05) is 25.2 Å². The van der Waals surface area contributed by atoms with Gasteiger partial charge >= 0.3 is 5.97 Å². The van der Waals surface area contributed by atoms with Crippen LogP contribution >= 0.6 is 0 Å². The van der Waals surface area contributed by atoms with Gasteiger partial charge in [-0.25, -0.2) is 4.79 Å². The minimum atomic E-state index is -0.386. The maximum atomic E-state index is 12.4. The molecule has 1 aromatic heterocycles. The normalized spacial score (nSPS) is 14.0. The summed E-state index contributed by atoms with van der Waals surface area (Å²) in [7, 11) is 3.34. The van der Waals surface area contributed by atoms with Gasteiger partial charge < -0.3 is 14.1 Å². The molecule has 144 valence electrons. The summed E-state index contributed by atoms with van der Waals surface area (Å²) in [4.78, 5) is 28.1. The second-order valence-electron chi connectivity index (χ2n) is 7.04. The molecular weight excluding hydrogens is 344 g/mol. The zero-order valence-electron chi connectivity index (χ0n) is 16.2. The molecule has 0 atom stereocenters. The Morgan fingerprint density at radius 3 is 2.44 bits per heavy atom. The summed E-state index contributed by atoms with van der Waals surface area (Å²) in [5.41, 5.74) is 2.32. The van der Waals surface area contributed by atoms with E-state index in [4.69, 9.17) is 9.15 Å². The van der Waals surface area contributed by atoms with Crippen LogP contribution in [0.2, 0.25) is 0 Å². The number of esters is 1. The maximum absolute atomic E-state index is 12.4. The fourth-order valence-corrected chi connectivity index (χ4v) is 3.42. The Morgan fingerprint density at radius 1 is 1.15 bits per heavy atom. The molecule has 1 saturated heterocycles. The van der Waals surface area contributed by atoms with Crippen LogP contribution in [0.15, 0.2) is 34.7 Å². The average molecular weight is 370 g/mol. The first-order valence-electron chi connectivity index (χ1n) is 9.22. The van der Waals surface area contributed by atoms with E-state index in [9.17, 15) is 9.59 Å². The quantitative estimate of drug-likeness (QED) is 0.731. The summed E-state index contributed by atoms with van der Waals surface area (Å²) in [6.07, 6.45) is 2.19. The second-order valence-corrected chi connectivity index (χ2v) is 7.04. The Morgan fingerprint density at radius 2 is 1.81 bits per heavy atom. The Balaban J connectivity index is 1.58. The monoisotopic (exact) mass is 370 g/mol. The van der Waals surface area contributed by atoms with Crippen LogP contribution in [0.3, 0.4) is 0 Å². The first kappa shape index (κ1) is 19.2. The largest absolute Gasteiger partial charge is 0.465 e. The summed E-state index contributed by atoms with van der Waals surface area (Å²) in [5.74, 6) is 1.02. The third-order valence-electron chi connectivity index (χ3n) is 4.85. The summed E-state index contributed by atoms with van der Waals surface area (Å²) in [5, 5.41) is 0. The van der Waals surface area contributed by atoms with E-state index < -0.39 is 0 Å². The van der Waals surface area contributed by atoms with Crippen LogP contribution in [-0.4, -0.2) is 48.9 Å². The molecule has 0 saturated carbocycles. The minimum absolute atomic E-state index is 0.119. The SMILES string of the molecule is COC(=O)c1cc(CN(C)Cc2ccc(C(=O)N3CCCC3)cc2)oc1C. The van der Waals surface area contributed by atoms with E-state index in [1.807, 2.05) is 36.2 Å². The van der Waals surface area contributed by atoms with E-state index in [1.165, 1.54) is 7.11 Å². The molecule has 6 heteroatoms. The predicted molar refractivity (Wildman–Crippen MR) is 102 cm³/mol. The number of likely N-dealkylation sites (tertiary alicyclic amines) is 1. The maximum Gasteiger partial charge on any atom is 0.341 e. The molecule has 1 aromatic carbocycles. The number of benzene rings is 1. The van der Waals surface area contributed by atoms with E-state index in [2.05, 4.69) is 4.90 Å². The van der Waals surface area contributed by atoms with Crippen LogP contribution in [0.1, 0.15) is 50.6 Å². The number of nitrogens with zero attached hydrogens (tertiary/aromatic N) is 2. The molecule has 0 unspecified atom stereocenters. The van der Waals surface area contributed by atoms with Gasteiger partial charge in [-0.15, -0.1) is 0 Å². The minimum Gasteiger partial charge on any atom is -0.465 e. The molecule has 0 radical (unpaired) electrons. The van der Waals surface area contributed by atoms with Crippen molar-refractivity contribution < 1.29 is 18.7 Å². The van der Waals surface area contributed by atoms with Crippen molar-refractivity contribution in [3.8, 4) is 0 Å². The Hall–Kier alpha value is -2.60. The van der Waals surface area contributed by atoms with Gasteiger partial charge in [-0.1, -0.05) is 12.1 Å². The van der Waals surface area contributed by atoms with Crippen LogP contribution in [-0.2, 0) is 17.8 Å². The van der Waals surface area contributed by atoms with E-state index in [0.29, 0.717) is 24.4 Å². The summed E-state index contributed by atoms with van der Waals surface area (Å²) in [6, 6.07) is 9.52. The van der Waals surface area contributed by atoms with Crippen molar-refractivity contribution in [2.24, 2.45) is 0 Å². The van der Waals surface area contributed by atoms with E-state index in [1.54, 1.807) is 13.0 Å². The first-order valence-corrected chi connectivity index (χ1v) is 9.22. The fourth-order valence-electron chi connectivity index (χ4n) is 3.42. The van der Waals surface area contributed by atoms with Crippen molar-refractivity contribution in [3.05, 3.63) is 58.5 Å². The van der Waals surface area contributed by atoms with Crippen LogP contribution in [0.5, 0.6) is 0 Å². The van der Waals surface area contributed by atoms with Gasteiger partial charge in [0.15, 0.2) is 0 Å². The third kappa shape index (κ3) is 4.57. The molecule has 3 rings (SSSR count). The molecule has 1 aliphatic rings. The van der Waals surface area contributed by atoms with E-state index in [-0.39, 0.29) is 11.9 Å². The number of methoxy groups -OCH3 is 1. The van der Waals surface area contributed by atoms with E-state index >= 15 is 0 Å². The van der Waals surface area contributed by atoms with Crippen molar-refractivity contribution in [2.75, 3.05) is 27.2 Å². The zero-order valence-corrected chi connectivity index (χ0v) is 16.2. The van der Waals surface area contributed by atoms with Crippen molar-refractivity contribution in [2.45, 2.75) is 32.9 Å². The molecule has 0 spiro atoms. The molecule has 1 amide bonds. The molecule has 1 fully saturated rings. The van der Waals surface area contributed by atoms with Crippen LogP contribution < -0.4 is 0 Å². The number of aryl methyl sites for hydroxylation is 1. The van der Waals surface area contributed by atoms with Gasteiger partial charge in [-0.05, 0) is 50.6 Å². The number of hydrogen-bond donors (Lipinski definition) is 0. The number of ether oxygens (including phenoxy) is 1. The molecule has 1 aliphatic heterocycles. The smallest absolute Gasteiger partial charge is 0.341 e. The number of rotatable bonds is 6. The van der Waals surface area contributed by atoms with Crippen molar-refractivity contribution in [1.29, 1.82) is 0 Å². The first-order chi connectivity index (χ1) is 13.0. The molecule has 0 aliphatic carbocycles. The van der Waals surface area contributed by atoms with Gasteiger partial charge in [0.05, 0.1) is 13.7 Å². The summed E-state index contributed by atoms with van der Waals surface area (Å²) >= 11 is 0. The van der Waals surface area contributed by atoms with E-state index in [0.717, 1.165) is 42.8 Å². The number of hydrogen-bond acceptors (Lipinski definition) is 5. The summed E-state index contributed by atoms with van der Waals surface area (Å²) < 4.78 is 10.4. The van der Waals surface area contributed by atoms with Crippen molar-refractivity contribution >= 4 is 11.9 Å². The third-order valence-corrected chi connectivity index (χ3v) is 4.85. The molecule has 2 heterocycles. The highest BCUT2D eigenvalue weighted by atomic mass is 16.5. The Kier molecular flexibility index (Phi) is 5.96.